The molecule has 1 unspecified atom stereocenters. The van der Waals surface area contributed by atoms with Gasteiger partial charge in [0.1, 0.15) is 0 Å². The molecule has 0 aromatic heterocycles. The third-order valence-corrected chi connectivity index (χ3v) is 14.7. The molecule has 0 aliphatic rings. The van der Waals surface area contributed by atoms with E-state index in [1.165, 1.54) is 0 Å². The Morgan fingerprint density at radius 2 is 1.35 bits per heavy atom. The van der Waals surface area contributed by atoms with Crippen molar-refractivity contribution >= 4 is 37.1 Å². The van der Waals surface area contributed by atoms with Gasteiger partial charge in [0.05, 0.1) is 12.1 Å². The van der Waals surface area contributed by atoms with Gasteiger partial charge >= 0.3 is 20.5 Å². The number of rotatable bonds is 9. The number of hydrogen-bond acceptors (Lipinski definition) is 4. The van der Waals surface area contributed by atoms with Crippen LogP contribution in [0.25, 0.3) is 0 Å². The molecule has 0 aromatic carbocycles. The normalized spacial score (nSPS) is 15.7. The van der Waals surface area contributed by atoms with Gasteiger partial charge in [-0.2, -0.15) is 0 Å². The summed E-state index contributed by atoms with van der Waals surface area (Å²) >= 11 is 0. The van der Waals surface area contributed by atoms with Crippen molar-refractivity contribution in [3.8, 4) is 0 Å². The Morgan fingerprint density at radius 1 is 0.900 bits per heavy atom. The lowest BCUT2D eigenvalue weighted by atomic mass is 10.8. The van der Waals surface area contributed by atoms with E-state index >= 15 is 0 Å². The zero-order chi connectivity index (χ0) is 16.2. The molecule has 0 aromatic rings. The van der Waals surface area contributed by atoms with Gasteiger partial charge in [0.25, 0.3) is 0 Å². The van der Waals surface area contributed by atoms with Crippen LogP contribution in [0.15, 0.2) is 0 Å². The summed E-state index contributed by atoms with van der Waals surface area (Å²) < 4.78 is 12.2. The fourth-order valence-electron chi connectivity index (χ4n) is 2.23. The summed E-state index contributed by atoms with van der Waals surface area (Å²) in [5, 5.41) is 17.9. The second-order valence-electron chi connectivity index (χ2n) is 6.31. The van der Waals surface area contributed by atoms with Gasteiger partial charge in [-0.25, -0.2) is 0 Å². The number of aliphatic carboxylic acids is 2. The molecule has 0 bridgehead atoms. The quantitative estimate of drug-likeness (QED) is 0.628. The molecular weight excluding hydrogens is 312 g/mol. The summed E-state index contributed by atoms with van der Waals surface area (Å²) in [4.78, 5) is 21.8. The van der Waals surface area contributed by atoms with Crippen molar-refractivity contribution < 1.29 is 28.0 Å². The molecule has 0 radical (unpaired) electrons. The van der Waals surface area contributed by atoms with Crippen molar-refractivity contribution in [2.75, 3.05) is 0 Å². The first-order valence-corrected chi connectivity index (χ1v) is 15.4. The van der Waals surface area contributed by atoms with Gasteiger partial charge in [-0.3, -0.25) is 9.59 Å². The zero-order valence-electron chi connectivity index (χ0n) is 13.1. The second-order valence-corrected chi connectivity index (χ2v) is 18.6. The minimum absolute atomic E-state index is 0.0239. The van der Waals surface area contributed by atoms with Gasteiger partial charge in [0, 0.05) is 0 Å². The Morgan fingerprint density at radius 3 is 1.70 bits per heavy atom. The maximum absolute atomic E-state index is 11.0. The Labute approximate surface area is 123 Å². The number of hydrogen-bond donors (Lipinski definition) is 2. The second kappa shape index (κ2) is 6.98. The molecule has 2 N–H and O–H groups in total. The summed E-state index contributed by atoms with van der Waals surface area (Å²) in [5.74, 6) is -1.72. The van der Waals surface area contributed by atoms with Crippen LogP contribution < -0.4 is 0 Å². The van der Waals surface area contributed by atoms with Crippen molar-refractivity contribution in [2.45, 2.75) is 57.8 Å². The summed E-state index contributed by atoms with van der Waals surface area (Å²) in [6.45, 7) is 11.3. The molecule has 9 heteroatoms. The number of carboxylic acid groups (broad SMARTS) is 2. The van der Waals surface area contributed by atoms with Gasteiger partial charge in [0.15, 0.2) is 16.6 Å². The smallest absolute Gasteiger partial charge is 0.311 e. The Bertz CT molecular complexity index is 371. The molecule has 0 aliphatic carbocycles. The molecule has 0 amide bonds. The van der Waals surface area contributed by atoms with E-state index < -0.39 is 37.1 Å². The largest absolute Gasteiger partial charge is 0.481 e. The Kier molecular flexibility index (Phi) is 6.81. The molecule has 0 heterocycles. The Balaban J connectivity index is 4.87. The van der Waals surface area contributed by atoms with Crippen molar-refractivity contribution in [3.05, 3.63) is 0 Å². The summed E-state index contributed by atoms with van der Waals surface area (Å²) in [7, 11) is -7.22. The lowest BCUT2D eigenvalue weighted by Gasteiger charge is -2.38. The first-order valence-electron chi connectivity index (χ1n) is 6.65. The summed E-state index contributed by atoms with van der Waals surface area (Å²) in [6.07, 6.45) is 0. The molecule has 0 saturated carbocycles. The van der Waals surface area contributed by atoms with E-state index in [9.17, 15) is 9.59 Å². The maximum atomic E-state index is 11.0. The van der Waals surface area contributed by atoms with E-state index in [1.807, 2.05) is 39.7 Å². The fraction of sp³-hybridized carbons (Fsp3) is 0.818. The minimum Gasteiger partial charge on any atom is -0.481 e. The molecule has 118 valence electrons. The topological polar surface area (TPSA) is 93.1 Å². The van der Waals surface area contributed by atoms with Crippen molar-refractivity contribution in [2.24, 2.45) is 0 Å². The van der Waals surface area contributed by atoms with E-state index in [0.29, 0.717) is 6.04 Å². The van der Waals surface area contributed by atoms with Gasteiger partial charge in [-0.15, -0.1) is 0 Å². The van der Waals surface area contributed by atoms with Gasteiger partial charge < -0.3 is 18.4 Å². The predicted molar refractivity (Wildman–Crippen MR) is 84.1 cm³/mol. The molecule has 1 atom stereocenters. The van der Waals surface area contributed by atoms with Crippen LogP contribution in [-0.4, -0.2) is 47.3 Å². The van der Waals surface area contributed by atoms with E-state index in [4.69, 9.17) is 18.4 Å². The lowest BCUT2D eigenvalue weighted by molar-refractivity contribution is -0.135. The SMILES string of the molecule is CC[Si](C)(CC(=O)O)O[Si](C)(C)O[Si](C)(C)CC(=O)O. The third-order valence-electron chi connectivity index (χ3n) is 2.86. The number of carboxylic acids is 2. The van der Waals surface area contributed by atoms with Gasteiger partial charge in [-0.1, -0.05) is 6.92 Å². The van der Waals surface area contributed by atoms with Crippen LogP contribution in [-0.2, 0) is 17.8 Å². The van der Waals surface area contributed by atoms with E-state index in [2.05, 4.69) is 0 Å². The zero-order valence-corrected chi connectivity index (χ0v) is 16.1. The molecule has 0 rings (SSSR count). The van der Waals surface area contributed by atoms with Gasteiger partial charge in [0.2, 0.25) is 0 Å². The minimum atomic E-state index is -2.53. The first kappa shape index (κ1) is 19.5. The van der Waals surface area contributed by atoms with Crippen LogP contribution in [0.5, 0.6) is 0 Å². The summed E-state index contributed by atoms with van der Waals surface area (Å²) in [5.41, 5.74) is 0. The highest BCUT2D eigenvalue weighted by Crippen LogP contribution is 2.26. The van der Waals surface area contributed by atoms with Crippen molar-refractivity contribution in [1.82, 2.24) is 0 Å². The lowest BCUT2D eigenvalue weighted by Crippen LogP contribution is -2.54. The Hall–Kier alpha value is -0.489. The van der Waals surface area contributed by atoms with Crippen molar-refractivity contribution in [1.29, 1.82) is 0 Å². The summed E-state index contributed by atoms with van der Waals surface area (Å²) in [6, 6.07) is 0.764. The third kappa shape index (κ3) is 7.95. The predicted octanol–water partition coefficient (Wildman–Crippen LogP) is 2.69. The van der Waals surface area contributed by atoms with Crippen molar-refractivity contribution in [3.63, 3.8) is 0 Å². The monoisotopic (exact) mass is 338 g/mol. The highest BCUT2D eigenvalue weighted by Gasteiger charge is 2.42. The molecule has 0 saturated heterocycles. The first-order chi connectivity index (χ1) is 8.81. The molecule has 0 fully saturated rings. The molecule has 6 nitrogen and oxygen atoms in total. The number of carbonyl (C=O) groups is 2. The highest BCUT2D eigenvalue weighted by molar-refractivity contribution is 6.89. The van der Waals surface area contributed by atoms with Gasteiger partial charge in [-0.05, 0) is 38.8 Å². The fourth-order valence-corrected chi connectivity index (χ4v) is 15.6. The van der Waals surface area contributed by atoms with E-state index in [1.54, 1.807) is 0 Å². The molecular formula is C11H26O6Si3. The molecule has 0 spiro atoms. The standard InChI is InChI=1S/C11H26O6Si3/c1-7-20(6,9-11(14)15)17-19(4,5)16-18(2,3)8-10(12)13/h7-9H2,1-6H3,(H,12,13)(H,14,15). The van der Waals surface area contributed by atoms with Crippen LogP contribution >= 0.6 is 0 Å². The average molecular weight is 339 g/mol. The van der Waals surface area contributed by atoms with E-state index in [0.717, 1.165) is 0 Å². The van der Waals surface area contributed by atoms with Crippen LogP contribution in [0.1, 0.15) is 6.92 Å². The van der Waals surface area contributed by atoms with Crippen LogP contribution in [0.3, 0.4) is 0 Å². The maximum Gasteiger partial charge on any atom is 0.311 e. The van der Waals surface area contributed by atoms with Crippen LogP contribution in [0.2, 0.25) is 50.9 Å². The van der Waals surface area contributed by atoms with E-state index in [-0.39, 0.29) is 12.1 Å². The highest BCUT2D eigenvalue weighted by atomic mass is 28.5. The van der Waals surface area contributed by atoms with Crippen LogP contribution in [0.4, 0.5) is 0 Å². The molecule has 20 heavy (non-hydrogen) atoms. The average Bonchev–Trinajstić information content (AvgIpc) is 2.10. The molecule has 0 aliphatic heterocycles. The van der Waals surface area contributed by atoms with Crippen LogP contribution in [0, 0.1) is 0 Å².